The van der Waals surface area contributed by atoms with E-state index >= 15 is 0 Å². The summed E-state index contributed by atoms with van der Waals surface area (Å²) >= 11 is 1.49. The number of ether oxygens (including phenoxy) is 1. The Morgan fingerprint density at radius 2 is 1.93 bits per heavy atom. The zero-order valence-electron chi connectivity index (χ0n) is 15.0. The van der Waals surface area contributed by atoms with E-state index in [2.05, 4.69) is 46.3 Å². The molecule has 2 aromatic carbocycles. The number of aryl methyl sites for hydroxylation is 1. The van der Waals surface area contributed by atoms with Gasteiger partial charge in [0.25, 0.3) is 5.56 Å². The molecule has 0 amide bonds. The van der Waals surface area contributed by atoms with Gasteiger partial charge >= 0.3 is 0 Å². The van der Waals surface area contributed by atoms with Crippen molar-refractivity contribution >= 4 is 22.8 Å². The normalized spacial score (nSPS) is 11.0. The summed E-state index contributed by atoms with van der Waals surface area (Å²) in [4.78, 5) is 19.9. The number of aromatic nitrogens is 4. The Labute approximate surface area is 160 Å². The van der Waals surface area contributed by atoms with Crippen molar-refractivity contribution in [2.45, 2.75) is 17.8 Å². The van der Waals surface area contributed by atoms with Crippen molar-refractivity contribution in [3.8, 4) is 11.4 Å². The summed E-state index contributed by atoms with van der Waals surface area (Å²) in [5, 5.41) is 5.35. The fourth-order valence-electron chi connectivity index (χ4n) is 2.78. The number of para-hydroxylation sites is 2. The Balaban J connectivity index is 1.71. The maximum Gasteiger partial charge on any atom is 0.262 e. The molecule has 6 nitrogen and oxygen atoms in total. The third-order valence-electron chi connectivity index (χ3n) is 4.23. The maximum absolute atomic E-state index is 12.5. The van der Waals surface area contributed by atoms with Gasteiger partial charge in [0.15, 0.2) is 10.8 Å². The van der Waals surface area contributed by atoms with Gasteiger partial charge in [-0.05, 0) is 24.6 Å². The molecule has 2 heterocycles. The van der Waals surface area contributed by atoms with Crippen LogP contribution < -0.4 is 10.3 Å². The van der Waals surface area contributed by atoms with Crippen LogP contribution in [0.2, 0.25) is 0 Å². The number of H-pyrrole nitrogens is 1. The predicted molar refractivity (Wildman–Crippen MR) is 107 cm³/mol. The van der Waals surface area contributed by atoms with Crippen LogP contribution in [0.4, 0.5) is 0 Å². The summed E-state index contributed by atoms with van der Waals surface area (Å²) in [5.74, 6) is 1.38. The summed E-state index contributed by atoms with van der Waals surface area (Å²) in [5.41, 5.74) is 3.44. The first kappa shape index (κ1) is 17.4. The van der Waals surface area contributed by atoms with E-state index in [1.54, 1.807) is 11.8 Å². The Kier molecular flexibility index (Phi) is 4.68. The van der Waals surface area contributed by atoms with Crippen molar-refractivity contribution in [1.82, 2.24) is 19.7 Å². The molecule has 27 heavy (non-hydrogen) atoms. The molecule has 0 spiro atoms. The molecule has 4 aromatic rings. The zero-order valence-corrected chi connectivity index (χ0v) is 15.8. The molecule has 0 bridgehead atoms. The molecule has 0 radical (unpaired) electrons. The summed E-state index contributed by atoms with van der Waals surface area (Å²) in [7, 11) is 1.60. The minimum absolute atomic E-state index is 0.201. The second kappa shape index (κ2) is 7.28. The number of rotatable bonds is 5. The summed E-state index contributed by atoms with van der Waals surface area (Å²) in [6, 6.07) is 15.8. The molecule has 0 aliphatic carbocycles. The minimum atomic E-state index is -0.201. The molecular formula is C20H18N4O2S. The highest BCUT2D eigenvalue weighted by atomic mass is 32.2. The number of hydrogen-bond donors (Lipinski definition) is 1. The van der Waals surface area contributed by atoms with Gasteiger partial charge in [0.05, 0.1) is 13.3 Å². The first-order valence-electron chi connectivity index (χ1n) is 8.45. The largest absolute Gasteiger partial charge is 0.494 e. The van der Waals surface area contributed by atoms with E-state index < -0.39 is 0 Å². The molecular weight excluding hydrogens is 360 g/mol. The van der Waals surface area contributed by atoms with Crippen LogP contribution in [0.3, 0.4) is 0 Å². The van der Waals surface area contributed by atoms with Crippen molar-refractivity contribution in [3.63, 3.8) is 0 Å². The van der Waals surface area contributed by atoms with Crippen LogP contribution in [0.5, 0.6) is 5.75 Å². The number of nitrogens with zero attached hydrogens (tertiary/aromatic N) is 3. The minimum Gasteiger partial charge on any atom is -0.494 e. The average Bonchev–Trinajstić information content (AvgIpc) is 3.12. The smallest absolute Gasteiger partial charge is 0.262 e. The number of thioether (sulfide) groups is 1. The van der Waals surface area contributed by atoms with E-state index in [1.165, 1.54) is 29.1 Å². The van der Waals surface area contributed by atoms with Crippen molar-refractivity contribution in [3.05, 3.63) is 76.2 Å². The molecule has 0 unspecified atom stereocenters. The molecule has 0 atom stereocenters. The molecule has 0 aliphatic rings. The van der Waals surface area contributed by atoms with E-state index in [0.717, 1.165) is 11.4 Å². The molecule has 0 saturated heterocycles. The highest BCUT2D eigenvalue weighted by Crippen LogP contribution is 2.25. The second-order valence-electron chi connectivity index (χ2n) is 6.11. The highest BCUT2D eigenvalue weighted by molar-refractivity contribution is 7.98. The van der Waals surface area contributed by atoms with E-state index in [-0.39, 0.29) is 5.56 Å². The van der Waals surface area contributed by atoms with Gasteiger partial charge in [0.1, 0.15) is 16.8 Å². The Morgan fingerprint density at radius 1 is 1.15 bits per heavy atom. The first-order chi connectivity index (χ1) is 13.2. The third-order valence-corrected chi connectivity index (χ3v) is 5.17. The van der Waals surface area contributed by atoms with Gasteiger partial charge in [-0.2, -0.15) is 5.10 Å². The molecule has 2 aromatic heterocycles. The van der Waals surface area contributed by atoms with Gasteiger partial charge < -0.3 is 9.72 Å². The number of nitrogens with one attached hydrogen (secondary N) is 1. The Hall–Kier alpha value is -3.06. The standard InChI is InChI=1S/C20H18N4O2S/c1-13-7-9-14(10-8-13)12-27-20-22-18-15(19(25)23-20)11-21-24(18)16-5-3-4-6-17(16)26-2/h3-11H,12H2,1-2H3,(H,22,23,25). The number of aromatic amines is 1. The first-order valence-corrected chi connectivity index (χ1v) is 9.44. The summed E-state index contributed by atoms with van der Waals surface area (Å²) in [6.07, 6.45) is 1.53. The monoisotopic (exact) mass is 378 g/mol. The van der Waals surface area contributed by atoms with Gasteiger partial charge in [0.2, 0.25) is 0 Å². The lowest BCUT2D eigenvalue weighted by atomic mass is 10.2. The van der Waals surface area contributed by atoms with E-state index in [4.69, 9.17) is 4.74 Å². The van der Waals surface area contributed by atoms with Crippen molar-refractivity contribution in [2.75, 3.05) is 7.11 Å². The number of methoxy groups -OCH3 is 1. The van der Waals surface area contributed by atoms with Crippen LogP contribution in [0.1, 0.15) is 11.1 Å². The Morgan fingerprint density at radius 3 is 2.70 bits per heavy atom. The number of fused-ring (bicyclic) bond motifs is 1. The van der Waals surface area contributed by atoms with Gasteiger partial charge in [-0.3, -0.25) is 4.79 Å². The van der Waals surface area contributed by atoms with Gasteiger partial charge in [0, 0.05) is 5.75 Å². The van der Waals surface area contributed by atoms with Crippen LogP contribution >= 0.6 is 11.8 Å². The summed E-state index contributed by atoms with van der Waals surface area (Å²) < 4.78 is 7.05. The fraction of sp³-hybridized carbons (Fsp3) is 0.150. The maximum atomic E-state index is 12.5. The number of hydrogen-bond acceptors (Lipinski definition) is 5. The molecule has 1 N–H and O–H groups in total. The highest BCUT2D eigenvalue weighted by Gasteiger charge is 2.14. The van der Waals surface area contributed by atoms with E-state index in [9.17, 15) is 4.79 Å². The van der Waals surface area contributed by atoms with Crippen molar-refractivity contribution in [2.24, 2.45) is 0 Å². The van der Waals surface area contributed by atoms with Crippen LogP contribution in [-0.4, -0.2) is 26.9 Å². The second-order valence-corrected chi connectivity index (χ2v) is 7.07. The van der Waals surface area contributed by atoms with Crippen LogP contribution in [0, 0.1) is 6.92 Å². The summed E-state index contributed by atoms with van der Waals surface area (Å²) in [6.45, 7) is 2.06. The van der Waals surface area contributed by atoms with Crippen LogP contribution in [0.15, 0.2) is 64.7 Å². The lowest BCUT2D eigenvalue weighted by Crippen LogP contribution is -2.10. The van der Waals surface area contributed by atoms with Crippen molar-refractivity contribution in [1.29, 1.82) is 0 Å². The molecule has 0 aliphatic heterocycles. The van der Waals surface area contributed by atoms with Crippen LogP contribution in [-0.2, 0) is 5.75 Å². The molecule has 0 fully saturated rings. The zero-order chi connectivity index (χ0) is 18.8. The molecule has 136 valence electrons. The third kappa shape index (κ3) is 3.46. The average molecular weight is 378 g/mol. The Bertz CT molecular complexity index is 1150. The quantitative estimate of drug-likeness (QED) is 0.423. The van der Waals surface area contributed by atoms with Gasteiger partial charge in [-0.1, -0.05) is 53.7 Å². The van der Waals surface area contributed by atoms with Gasteiger partial charge in [-0.15, -0.1) is 0 Å². The fourth-order valence-corrected chi connectivity index (χ4v) is 3.60. The SMILES string of the molecule is COc1ccccc1-n1ncc2c(=O)[nH]c(SCc3ccc(C)cc3)nc21. The van der Waals surface area contributed by atoms with Crippen molar-refractivity contribution < 1.29 is 4.74 Å². The molecule has 0 saturated carbocycles. The lowest BCUT2D eigenvalue weighted by molar-refractivity contribution is 0.412. The number of benzene rings is 2. The van der Waals surface area contributed by atoms with Crippen LogP contribution in [0.25, 0.3) is 16.7 Å². The molecule has 7 heteroatoms. The topological polar surface area (TPSA) is 72.8 Å². The van der Waals surface area contributed by atoms with Gasteiger partial charge in [-0.25, -0.2) is 9.67 Å². The van der Waals surface area contributed by atoms with E-state index in [1.807, 2.05) is 24.3 Å². The predicted octanol–water partition coefficient (Wildman–Crippen LogP) is 3.72. The molecule has 4 rings (SSSR count). The van der Waals surface area contributed by atoms with E-state index in [0.29, 0.717) is 21.9 Å². The lowest BCUT2D eigenvalue weighted by Gasteiger charge is -2.09.